The maximum atomic E-state index is 12.3. The van der Waals surface area contributed by atoms with Gasteiger partial charge in [0.2, 0.25) is 5.91 Å². The fourth-order valence-electron chi connectivity index (χ4n) is 3.38. The van der Waals surface area contributed by atoms with Crippen LogP contribution in [0.3, 0.4) is 0 Å². The number of nitrogens with two attached hydrogens (primary N) is 1. The third-order valence-electron chi connectivity index (χ3n) is 5.01. The molecule has 31 heavy (non-hydrogen) atoms. The number of rotatable bonds is 8. The van der Waals surface area contributed by atoms with Crippen molar-refractivity contribution in [2.24, 2.45) is 5.73 Å². The summed E-state index contributed by atoms with van der Waals surface area (Å²) in [5, 5.41) is 5.00. The monoisotopic (exact) mass is 445 g/mol. The molecule has 3 N–H and O–H groups in total. The fourth-order valence-corrected chi connectivity index (χ4v) is 4.19. The first-order valence-electron chi connectivity index (χ1n) is 10.3. The number of anilines is 2. The summed E-state index contributed by atoms with van der Waals surface area (Å²) in [6, 6.07) is 5.18. The standard InChI is InChI=1S/C21H27N5O4S/c1-2-30-21(29)15-4-5-17(23-14-15)26-9-3-8-25(11-12-26)10-6-18(27)24-20-16(19(22)28)7-13-31-20/h4-5,7,13-14H,2-3,6,8-12H2,1H3,(H2,22,28)(H,24,27). The molecule has 1 aliphatic heterocycles. The number of nitrogens with zero attached hydrogens (tertiary/aromatic N) is 3. The Morgan fingerprint density at radius 3 is 2.74 bits per heavy atom. The van der Waals surface area contributed by atoms with Crippen molar-refractivity contribution >= 4 is 39.9 Å². The van der Waals surface area contributed by atoms with Crippen LogP contribution in [0.1, 0.15) is 40.5 Å². The molecule has 166 valence electrons. The minimum Gasteiger partial charge on any atom is -0.462 e. The van der Waals surface area contributed by atoms with Gasteiger partial charge in [-0.25, -0.2) is 9.78 Å². The zero-order valence-corrected chi connectivity index (χ0v) is 18.3. The van der Waals surface area contributed by atoms with E-state index in [0.29, 0.717) is 35.7 Å². The maximum Gasteiger partial charge on any atom is 0.339 e. The molecule has 1 saturated heterocycles. The summed E-state index contributed by atoms with van der Waals surface area (Å²) in [6.07, 6.45) is 2.83. The number of hydrogen-bond donors (Lipinski definition) is 2. The van der Waals surface area contributed by atoms with Crippen molar-refractivity contribution in [3.8, 4) is 0 Å². The molecule has 9 nitrogen and oxygen atoms in total. The minimum atomic E-state index is -0.548. The van der Waals surface area contributed by atoms with Gasteiger partial charge in [0.05, 0.1) is 17.7 Å². The zero-order valence-electron chi connectivity index (χ0n) is 17.5. The van der Waals surface area contributed by atoms with Crippen LogP contribution in [0.4, 0.5) is 10.8 Å². The molecule has 0 spiro atoms. The van der Waals surface area contributed by atoms with Crippen molar-refractivity contribution in [2.75, 3.05) is 49.5 Å². The second-order valence-electron chi connectivity index (χ2n) is 7.13. The summed E-state index contributed by atoms with van der Waals surface area (Å²) in [4.78, 5) is 44.3. The van der Waals surface area contributed by atoms with Crippen LogP contribution >= 0.6 is 11.3 Å². The third kappa shape index (κ3) is 6.25. The Morgan fingerprint density at radius 1 is 1.19 bits per heavy atom. The second-order valence-corrected chi connectivity index (χ2v) is 8.05. The molecule has 10 heteroatoms. The summed E-state index contributed by atoms with van der Waals surface area (Å²) in [7, 11) is 0. The lowest BCUT2D eigenvalue weighted by Gasteiger charge is -2.22. The molecule has 3 heterocycles. The molecule has 0 aromatic carbocycles. The van der Waals surface area contributed by atoms with E-state index in [1.807, 2.05) is 6.07 Å². The minimum absolute atomic E-state index is 0.137. The second kappa shape index (κ2) is 10.9. The Balaban J connectivity index is 1.47. The van der Waals surface area contributed by atoms with E-state index in [1.54, 1.807) is 30.6 Å². The lowest BCUT2D eigenvalue weighted by atomic mass is 10.2. The van der Waals surface area contributed by atoms with Crippen LogP contribution in [0.15, 0.2) is 29.8 Å². The molecular formula is C21H27N5O4S. The first-order valence-corrected chi connectivity index (χ1v) is 11.1. The third-order valence-corrected chi connectivity index (χ3v) is 5.84. The van der Waals surface area contributed by atoms with Gasteiger partial charge in [0.15, 0.2) is 0 Å². The van der Waals surface area contributed by atoms with Crippen LogP contribution < -0.4 is 16.0 Å². The van der Waals surface area contributed by atoms with Gasteiger partial charge in [-0.3, -0.25) is 9.59 Å². The summed E-state index contributed by atoms with van der Waals surface area (Å²) in [6.45, 7) is 6.06. The van der Waals surface area contributed by atoms with E-state index in [-0.39, 0.29) is 11.9 Å². The topological polar surface area (TPSA) is 118 Å². The number of thiophene rings is 1. The van der Waals surface area contributed by atoms with Crippen molar-refractivity contribution in [3.63, 3.8) is 0 Å². The summed E-state index contributed by atoms with van der Waals surface area (Å²) in [5.41, 5.74) is 6.10. The molecule has 0 atom stereocenters. The van der Waals surface area contributed by atoms with E-state index in [0.717, 1.165) is 38.4 Å². The molecule has 1 fully saturated rings. The fraction of sp³-hybridized carbons (Fsp3) is 0.429. The average Bonchev–Trinajstić information content (AvgIpc) is 3.09. The van der Waals surface area contributed by atoms with Crippen molar-refractivity contribution in [3.05, 3.63) is 40.9 Å². The molecule has 2 aromatic rings. The van der Waals surface area contributed by atoms with E-state index in [2.05, 4.69) is 20.1 Å². The predicted molar refractivity (Wildman–Crippen MR) is 120 cm³/mol. The Labute approximate surface area is 185 Å². The summed E-state index contributed by atoms with van der Waals surface area (Å²) in [5.74, 6) is -0.230. The Morgan fingerprint density at radius 2 is 2.03 bits per heavy atom. The van der Waals surface area contributed by atoms with Gasteiger partial charge in [0.25, 0.3) is 5.91 Å². The predicted octanol–water partition coefficient (Wildman–Crippen LogP) is 1.96. The molecule has 2 amide bonds. The highest BCUT2D eigenvalue weighted by molar-refractivity contribution is 7.14. The van der Waals surface area contributed by atoms with Gasteiger partial charge in [-0.05, 0) is 43.5 Å². The SMILES string of the molecule is CCOC(=O)c1ccc(N2CCCN(CCC(=O)Nc3sccc3C(N)=O)CC2)nc1. The largest absolute Gasteiger partial charge is 0.462 e. The lowest BCUT2D eigenvalue weighted by molar-refractivity contribution is -0.116. The molecule has 2 aromatic heterocycles. The molecule has 0 unspecified atom stereocenters. The van der Waals surface area contributed by atoms with Crippen LogP contribution in [0.5, 0.6) is 0 Å². The number of aromatic nitrogens is 1. The van der Waals surface area contributed by atoms with Crippen LogP contribution in [-0.2, 0) is 9.53 Å². The van der Waals surface area contributed by atoms with E-state index in [9.17, 15) is 14.4 Å². The van der Waals surface area contributed by atoms with Gasteiger partial charge in [-0.15, -0.1) is 11.3 Å². The smallest absolute Gasteiger partial charge is 0.339 e. The average molecular weight is 446 g/mol. The lowest BCUT2D eigenvalue weighted by Crippen LogP contribution is -2.33. The molecule has 0 bridgehead atoms. The number of nitrogens with one attached hydrogen (secondary N) is 1. The quantitative estimate of drug-likeness (QED) is 0.596. The van der Waals surface area contributed by atoms with Crippen molar-refractivity contribution in [1.82, 2.24) is 9.88 Å². The van der Waals surface area contributed by atoms with E-state index in [4.69, 9.17) is 10.5 Å². The highest BCUT2D eigenvalue weighted by Crippen LogP contribution is 2.23. The van der Waals surface area contributed by atoms with Gasteiger partial charge in [-0.1, -0.05) is 0 Å². The number of amides is 2. The Bertz CT molecular complexity index is 915. The number of esters is 1. The van der Waals surface area contributed by atoms with Crippen LogP contribution in [0.2, 0.25) is 0 Å². The first kappa shape index (κ1) is 22.7. The number of pyridine rings is 1. The molecule has 0 radical (unpaired) electrons. The number of ether oxygens (including phenoxy) is 1. The normalized spacial score (nSPS) is 14.7. The van der Waals surface area contributed by atoms with Gasteiger partial charge < -0.3 is 25.6 Å². The van der Waals surface area contributed by atoms with Crippen LogP contribution in [-0.4, -0.2) is 67.0 Å². The number of hydrogen-bond acceptors (Lipinski definition) is 8. The molecule has 0 saturated carbocycles. The van der Waals surface area contributed by atoms with Gasteiger partial charge in [-0.2, -0.15) is 0 Å². The van der Waals surface area contributed by atoms with Crippen LogP contribution in [0.25, 0.3) is 0 Å². The molecule has 0 aliphatic carbocycles. The van der Waals surface area contributed by atoms with Crippen molar-refractivity contribution in [2.45, 2.75) is 19.8 Å². The van der Waals surface area contributed by atoms with Crippen molar-refractivity contribution < 1.29 is 19.1 Å². The van der Waals surface area contributed by atoms with Crippen molar-refractivity contribution in [1.29, 1.82) is 0 Å². The highest BCUT2D eigenvalue weighted by atomic mass is 32.1. The highest BCUT2D eigenvalue weighted by Gasteiger charge is 2.18. The number of primary amides is 1. The van der Waals surface area contributed by atoms with Gasteiger partial charge in [0.1, 0.15) is 10.8 Å². The summed E-state index contributed by atoms with van der Waals surface area (Å²) < 4.78 is 4.99. The maximum absolute atomic E-state index is 12.3. The van der Waals surface area contributed by atoms with Crippen LogP contribution in [0, 0.1) is 0 Å². The number of carbonyl (C=O) groups excluding carboxylic acids is 3. The van der Waals surface area contributed by atoms with E-state index in [1.165, 1.54) is 11.3 Å². The Kier molecular flexibility index (Phi) is 7.96. The summed E-state index contributed by atoms with van der Waals surface area (Å²) >= 11 is 1.29. The Hall–Kier alpha value is -2.98. The number of carbonyl (C=O) groups is 3. The molecule has 1 aliphatic rings. The molecular weight excluding hydrogens is 418 g/mol. The molecule has 3 rings (SSSR count). The van der Waals surface area contributed by atoms with Gasteiger partial charge >= 0.3 is 5.97 Å². The zero-order chi connectivity index (χ0) is 22.2. The first-order chi connectivity index (χ1) is 15.0. The van der Waals surface area contributed by atoms with Gasteiger partial charge in [0, 0.05) is 38.8 Å². The van der Waals surface area contributed by atoms with E-state index >= 15 is 0 Å². The van der Waals surface area contributed by atoms with E-state index < -0.39 is 5.91 Å².